The molecule has 0 heterocycles. The first-order valence-corrected chi connectivity index (χ1v) is 7.27. The Labute approximate surface area is 144 Å². The number of amides is 1. The Morgan fingerprint density at radius 2 is 1.92 bits per heavy atom. The summed E-state index contributed by atoms with van der Waals surface area (Å²) in [6, 6.07) is 10.6. The average Bonchev–Trinajstić information content (AvgIpc) is 2.65. The van der Waals surface area contributed by atoms with Gasteiger partial charge < -0.3 is 9.47 Å². The van der Waals surface area contributed by atoms with E-state index in [0.29, 0.717) is 22.8 Å². The standard InChI is InChI=1S/C17H17N3O5/c1-11(15-10-14(24-2)7-8-16(15)25-3)18-19-17(21)12-5-4-6-13(9-12)20(22)23/h4-10H,1-3H3,(H,19,21)/b18-11-. The molecular formula is C17H17N3O5. The van der Waals surface area contributed by atoms with Crippen LogP contribution in [0.1, 0.15) is 22.8 Å². The summed E-state index contributed by atoms with van der Waals surface area (Å²) in [7, 11) is 3.07. The van der Waals surface area contributed by atoms with Gasteiger partial charge in [0, 0.05) is 23.3 Å². The molecule has 0 atom stereocenters. The minimum atomic E-state index is -0.563. The van der Waals surface area contributed by atoms with E-state index in [1.807, 2.05) is 0 Å². The molecule has 0 radical (unpaired) electrons. The molecule has 8 heteroatoms. The van der Waals surface area contributed by atoms with E-state index in [2.05, 4.69) is 10.5 Å². The van der Waals surface area contributed by atoms with E-state index in [1.54, 1.807) is 32.2 Å². The molecule has 130 valence electrons. The number of nitrogens with one attached hydrogen (secondary N) is 1. The number of methoxy groups -OCH3 is 2. The van der Waals surface area contributed by atoms with Crippen molar-refractivity contribution in [2.45, 2.75) is 6.92 Å². The normalized spacial score (nSPS) is 10.9. The summed E-state index contributed by atoms with van der Waals surface area (Å²) in [6.45, 7) is 1.70. The molecule has 0 unspecified atom stereocenters. The maximum Gasteiger partial charge on any atom is 0.271 e. The Bertz CT molecular complexity index is 833. The minimum Gasteiger partial charge on any atom is -0.497 e. The summed E-state index contributed by atoms with van der Waals surface area (Å²) in [4.78, 5) is 22.4. The zero-order valence-electron chi connectivity index (χ0n) is 14.0. The van der Waals surface area contributed by atoms with Crippen LogP contribution in [0.4, 0.5) is 5.69 Å². The number of nitro benzene ring substituents is 1. The van der Waals surface area contributed by atoms with Crippen molar-refractivity contribution in [1.29, 1.82) is 0 Å². The predicted molar refractivity (Wildman–Crippen MR) is 92.3 cm³/mol. The van der Waals surface area contributed by atoms with Gasteiger partial charge in [-0.1, -0.05) is 6.07 Å². The highest BCUT2D eigenvalue weighted by Crippen LogP contribution is 2.24. The summed E-state index contributed by atoms with van der Waals surface area (Å²) in [5.41, 5.74) is 3.51. The van der Waals surface area contributed by atoms with Crippen molar-refractivity contribution in [2.75, 3.05) is 14.2 Å². The molecule has 0 aromatic heterocycles. The van der Waals surface area contributed by atoms with Crippen LogP contribution in [0.15, 0.2) is 47.6 Å². The SMILES string of the molecule is COc1ccc(OC)c(/C(C)=N\NC(=O)c2cccc([N+](=O)[O-])c2)c1. The van der Waals surface area contributed by atoms with Gasteiger partial charge in [0.15, 0.2) is 0 Å². The van der Waals surface area contributed by atoms with E-state index >= 15 is 0 Å². The molecule has 0 saturated heterocycles. The Morgan fingerprint density at radius 3 is 2.56 bits per heavy atom. The van der Waals surface area contributed by atoms with Crippen LogP contribution in [0.3, 0.4) is 0 Å². The number of rotatable bonds is 6. The second kappa shape index (κ2) is 7.91. The number of non-ortho nitro benzene ring substituents is 1. The van der Waals surface area contributed by atoms with Gasteiger partial charge in [-0.2, -0.15) is 5.10 Å². The van der Waals surface area contributed by atoms with E-state index in [-0.39, 0.29) is 11.3 Å². The fourth-order valence-corrected chi connectivity index (χ4v) is 2.12. The lowest BCUT2D eigenvalue weighted by molar-refractivity contribution is -0.384. The second-order valence-corrected chi connectivity index (χ2v) is 5.01. The molecular weight excluding hydrogens is 326 g/mol. The lowest BCUT2D eigenvalue weighted by Crippen LogP contribution is -2.19. The second-order valence-electron chi connectivity index (χ2n) is 5.01. The molecule has 0 aliphatic rings. The van der Waals surface area contributed by atoms with Crippen LogP contribution in [0, 0.1) is 10.1 Å². The van der Waals surface area contributed by atoms with E-state index in [1.165, 1.54) is 31.4 Å². The van der Waals surface area contributed by atoms with E-state index in [0.717, 1.165) is 0 Å². The van der Waals surface area contributed by atoms with E-state index in [4.69, 9.17) is 9.47 Å². The Balaban J connectivity index is 2.22. The molecule has 0 fully saturated rings. The number of nitrogens with zero attached hydrogens (tertiary/aromatic N) is 2. The van der Waals surface area contributed by atoms with Gasteiger partial charge in [0.1, 0.15) is 11.5 Å². The number of hydrazone groups is 1. The maximum absolute atomic E-state index is 12.1. The molecule has 2 rings (SSSR count). The van der Waals surface area contributed by atoms with Crippen LogP contribution in [-0.4, -0.2) is 30.8 Å². The first-order valence-electron chi connectivity index (χ1n) is 7.27. The van der Waals surface area contributed by atoms with Crippen LogP contribution in [0.25, 0.3) is 0 Å². The molecule has 25 heavy (non-hydrogen) atoms. The summed E-state index contributed by atoms with van der Waals surface area (Å²) < 4.78 is 10.4. The minimum absolute atomic E-state index is 0.142. The molecule has 0 bridgehead atoms. The monoisotopic (exact) mass is 343 g/mol. The smallest absolute Gasteiger partial charge is 0.271 e. The lowest BCUT2D eigenvalue weighted by Gasteiger charge is -2.10. The first kappa shape index (κ1) is 17.9. The predicted octanol–water partition coefficient (Wildman–Crippen LogP) is 2.77. The van der Waals surface area contributed by atoms with Crippen LogP contribution < -0.4 is 14.9 Å². The van der Waals surface area contributed by atoms with Crippen LogP contribution in [-0.2, 0) is 0 Å². The number of carbonyl (C=O) groups is 1. The van der Waals surface area contributed by atoms with Gasteiger partial charge >= 0.3 is 0 Å². The van der Waals surface area contributed by atoms with Crippen molar-refractivity contribution in [3.63, 3.8) is 0 Å². The number of nitro groups is 1. The van der Waals surface area contributed by atoms with Crippen molar-refractivity contribution in [2.24, 2.45) is 5.10 Å². The number of ether oxygens (including phenoxy) is 2. The molecule has 2 aromatic carbocycles. The fraction of sp³-hybridized carbons (Fsp3) is 0.176. The summed E-state index contributed by atoms with van der Waals surface area (Å²) in [6.07, 6.45) is 0. The molecule has 0 aliphatic carbocycles. The van der Waals surface area contributed by atoms with Gasteiger partial charge in [-0.05, 0) is 31.2 Å². The number of hydrogen-bond donors (Lipinski definition) is 1. The molecule has 0 saturated carbocycles. The Hall–Kier alpha value is -3.42. The third kappa shape index (κ3) is 4.31. The Kier molecular flexibility index (Phi) is 5.67. The zero-order chi connectivity index (χ0) is 18.4. The Morgan fingerprint density at radius 1 is 1.16 bits per heavy atom. The highest BCUT2D eigenvalue weighted by molar-refractivity contribution is 6.03. The highest BCUT2D eigenvalue weighted by atomic mass is 16.6. The topological polar surface area (TPSA) is 103 Å². The molecule has 2 aromatic rings. The molecule has 1 amide bonds. The summed E-state index contributed by atoms with van der Waals surface area (Å²) >= 11 is 0. The zero-order valence-corrected chi connectivity index (χ0v) is 14.0. The number of hydrogen-bond acceptors (Lipinski definition) is 6. The molecule has 0 aliphatic heterocycles. The van der Waals surface area contributed by atoms with E-state index < -0.39 is 10.8 Å². The van der Waals surface area contributed by atoms with Crippen LogP contribution >= 0.6 is 0 Å². The first-order chi connectivity index (χ1) is 12.0. The highest BCUT2D eigenvalue weighted by Gasteiger charge is 2.12. The largest absolute Gasteiger partial charge is 0.497 e. The third-order valence-electron chi connectivity index (χ3n) is 3.44. The quantitative estimate of drug-likeness (QED) is 0.493. The fourth-order valence-electron chi connectivity index (χ4n) is 2.12. The number of benzene rings is 2. The lowest BCUT2D eigenvalue weighted by atomic mass is 10.1. The van der Waals surface area contributed by atoms with Crippen molar-refractivity contribution < 1.29 is 19.2 Å². The van der Waals surface area contributed by atoms with Crippen molar-refractivity contribution in [1.82, 2.24) is 5.43 Å². The third-order valence-corrected chi connectivity index (χ3v) is 3.44. The van der Waals surface area contributed by atoms with Crippen molar-refractivity contribution in [3.8, 4) is 11.5 Å². The molecule has 8 nitrogen and oxygen atoms in total. The average molecular weight is 343 g/mol. The molecule has 1 N–H and O–H groups in total. The van der Waals surface area contributed by atoms with E-state index in [9.17, 15) is 14.9 Å². The van der Waals surface area contributed by atoms with Crippen LogP contribution in [0.5, 0.6) is 11.5 Å². The summed E-state index contributed by atoms with van der Waals surface area (Å²) in [5.74, 6) is 0.645. The van der Waals surface area contributed by atoms with Crippen molar-refractivity contribution in [3.05, 3.63) is 63.7 Å². The van der Waals surface area contributed by atoms with Gasteiger partial charge in [-0.3, -0.25) is 14.9 Å². The van der Waals surface area contributed by atoms with Gasteiger partial charge in [0.05, 0.1) is 24.9 Å². The number of carbonyl (C=O) groups excluding carboxylic acids is 1. The van der Waals surface area contributed by atoms with Crippen molar-refractivity contribution >= 4 is 17.3 Å². The van der Waals surface area contributed by atoms with Gasteiger partial charge in [-0.25, -0.2) is 5.43 Å². The van der Waals surface area contributed by atoms with Crippen LogP contribution in [0.2, 0.25) is 0 Å². The van der Waals surface area contributed by atoms with Gasteiger partial charge in [0.2, 0.25) is 0 Å². The van der Waals surface area contributed by atoms with Gasteiger partial charge in [-0.15, -0.1) is 0 Å². The summed E-state index contributed by atoms with van der Waals surface area (Å²) in [5, 5.41) is 14.8. The maximum atomic E-state index is 12.1. The molecule has 0 spiro atoms. The van der Waals surface area contributed by atoms with Gasteiger partial charge in [0.25, 0.3) is 11.6 Å².